The third kappa shape index (κ3) is 2.88. The summed E-state index contributed by atoms with van der Waals surface area (Å²) in [4.78, 5) is 22.5. The molecule has 0 atom stereocenters. The molecule has 19 heavy (non-hydrogen) atoms. The Morgan fingerprint density at radius 2 is 2.21 bits per heavy atom. The Hall–Kier alpha value is -2.43. The van der Waals surface area contributed by atoms with Gasteiger partial charge < -0.3 is 9.84 Å². The molecule has 0 fully saturated rings. The van der Waals surface area contributed by atoms with Gasteiger partial charge in [0.2, 0.25) is 0 Å². The molecular formula is C14H15NO4. The van der Waals surface area contributed by atoms with Gasteiger partial charge in [0.25, 0.3) is 0 Å². The molecule has 0 aliphatic heterocycles. The third-order valence-electron chi connectivity index (χ3n) is 2.59. The van der Waals surface area contributed by atoms with Crippen molar-refractivity contribution in [1.29, 1.82) is 0 Å². The minimum Gasteiger partial charge on any atom is -0.506 e. The topological polar surface area (TPSA) is 76.0 Å². The van der Waals surface area contributed by atoms with Crippen LogP contribution in [0.1, 0.15) is 13.3 Å². The maximum absolute atomic E-state index is 11.7. The summed E-state index contributed by atoms with van der Waals surface area (Å²) >= 11 is 0. The Labute approximate surface area is 110 Å². The van der Waals surface area contributed by atoms with Crippen molar-refractivity contribution in [2.24, 2.45) is 5.18 Å². The van der Waals surface area contributed by atoms with Crippen LogP contribution in [0.4, 0.5) is 5.69 Å². The van der Waals surface area contributed by atoms with Crippen molar-refractivity contribution in [2.75, 3.05) is 7.11 Å². The second kappa shape index (κ2) is 6.49. The highest BCUT2D eigenvalue weighted by Crippen LogP contribution is 2.19. The van der Waals surface area contributed by atoms with Crippen molar-refractivity contribution < 1.29 is 14.6 Å². The van der Waals surface area contributed by atoms with Gasteiger partial charge in [0.05, 0.1) is 12.7 Å². The van der Waals surface area contributed by atoms with E-state index in [0.29, 0.717) is 16.9 Å². The smallest absolute Gasteiger partial charge is 0.338 e. The molecular weight excluding hydrogens is 246 g/mol. The van der Waals surface area contributed by atoms with Crippen LogP contribution in [0, 0.1) is 4.91 Å². The molecule has 5 nitrogen and oxygen atoms in total. The van der Waals surface area contributed by atoms with E-state index in [2.05, 4.69) is 16.5 Å². The van der Waals surface area contributed by atoms with Gasteiger partial charge in [-0.25, -0.2) is 4.79 Å². The number of aromatic hydroxyl groups is 1. The van der Waals surface area contributed by atoms with E-state index in [9.17, 15) is 14.8 Å². The molecule has 0 spiro atoms. The number of phenolic OH excluding ortho intramolecular Hbond substituents is 1. The zero-order chi connectivity index (χ0) is 14.4. The molecule has 1 aromatic carbocycles. The number of rotatable bonds is 4. The summed E-state index contributed by atoms with van der Waals surface area (Å²) in [7, 11) is 1.26. The van der Waals surface area contributed by atoms with E-state index >= 15 is 0 Å². The van der Waals surface area contributed by atoms with E-state index in [1.807, 2.05) is 6.92 Å². The van der Waals surface area contributed by atoms with Gasteiger partial charge in [0.1, 0.15) is 5.75 Å². The second-order valence-electron chi connectivity index (χ2n) is 3.71. The molecule has 0 radical (unpaired) electrons. The van der Waals surface area contributed by atoms with Crippen LogP contribution in [-0.4, -0.2) is 18.2 Å². The maximum Gasteiger partial charge on any atom is 0.338 e. The van der Waals surface area contributed by atoms with E-state index in [0.717, 1.165) is 0 Å². The lowest BCUT2D eigenvalue weighted by Crippen LogP contribution is -2.29. The summed E-state index contributed by atoms with van der Waals surface area (Å²) in [5.41, 5.74) is 0.120. The molecule has 0 aliphatic carbocycles. The number of nitrogens with zero attached hydrogens (tertiary/aromatic N) is 1. The normalized spacial score (nSPS) is 12.8. The summed E-state index contributed by atoms with van der Waals surface area (Å²) in [5, 5.41) is 13.3. The van der Waals surface area contributed by atoms with Gasteiger partial charge in [-0.2, -0.15) is 0 Å². The SMILES string of the molecule is C=C/C(C(=O)OC)=c1/ccc(O)c(N=O)/c1=C/CC. The standard InChI is InChI=1S/C14H15NO4/c1-4-6-11-10(9(5-2)14(17)19-3)7-8-12(16)13(11)15-18/h5-8,16H,2,4H2,1,3H3/b10-9+,11-6+. The van der Waals surface area contributed by atoms with E-state index in [4.69, 9.17) is 0 Å². The molecule has 1 N–H and O–H groups in total. The summed E-state index contributed by atoms with van der Waals surface area (Å²) in [6.45, 7) is 5.43. The molecule has 0 amide bonds. The summed E-state index contributed by atoms with van der Waals surface area (Å²) in [6.07, 6.45) is 3.67. The first-order valence-corrected chi connectivity index (χ1v) is 5.71. The number of hydrogen-bond acceptors (Lipinski definition) is 5. The van der Waals surface area contributed by atoms with Crippen LogP contribution in [0.2, 0.25) is 0 Å². The molecule has 5 heteroatoms. The Morgan fingerprint density at radius 3 is 2.68 bits per heavy atom. The lowest BCUT2D eigenvalue weighted by molar-refractivity contribution is -0.133. The fraction of sp³-hybridized carbons (Fsp3) is 0.214. The van der Waals surface area contributed by atoms with Gasteiger partial charge in [0, 0.05) is 5.22 Å². The quantitative estimate of drug-likeness (QED) is 0.658. The van der Waals surface area contributed by atoms with Crippen LogP contribution < -0.4 is 10.4 Å². The average Bonchev–Trinajstić information content (AvgIpc) is 2.42. The lowest BCUT2D eigenvalue weighted by Gasteiger charge is -2.03. The summed E-state index contributed by atoms with van der Waals surface area (Å²) in [5.74, 6) is -0.796. The number of hydrogen-bond donors (Lipinski definition) is 1. The van der Waals surface area contributed by atoms with Crippen LogP contribution in [0.15, 0.2) is 30.0 Å². The van der Waals surface area contributed by atoms with Gasteiger partial charge in [-0.3, -0.25) is 0 Å². The number of esters is 1. The molecule has 0 unspecified atom stereocenters. The van der Waals surface area contributed by atoms with Crippen molar-refractivity contribution in [3.05, 3.63) is 40.1 Å². The Kier molecular flexibility index (Phi) is 5.00. The first-order chi connectivity index (χ1) is 9.10. The van der Waals surface area contributed by atoms with Gasteiger partial charge in [-0.05, 0) is 28.9 Å². The van der Waals surface area contributed by atoms with Crippen LogP contribution in [0.25, 0.3) is 11.6 Å². The Balaban J connectivity index is 3.94. The van der Waals surface area contributed by atoms with Gasteiger partial charge in [-0.15, -0.1) is 4.91 Å². The van der Waals surface area contributed by atoms with Gasteiger partial charge in [0.15, 0.2) is 5.69 Å². The van der Waals surface area contributed by atoms with Crippen LogP contribution >= 0.6 is 0 Å². The minimum atomic E-state index is -0.566. The van der Waals surface area contributed by atoms with Crippen molar-refractivity contribution in [2.45, 2.75) is 13.3 Å². The Bertz CT molecular complexity index is 632. The second-order valence-corrected chi connectivity index (χ2v) is 3.71. The number of methoxy groups -OCH3 is 1. The first kappa shape index (κ1) is 14.6. The van der Waals surface area contributed by atoms with Crippen LogP contribution in [-0.2, 0) is 9.53 Å². The third-order valence-corrected chi connectivity index (χ3v) is 2.59. The monoisotopic (exact) mass is 261 g/mol. The van der Waals surface area contributed by atoms with E-state index in [1.54, 1.807) is 6.08 Å². The number of ether oxygens (including phenoxy) is 1. The van der Waals surface area contributed by atoms with E-state index in [-0.39, 0.29) is 17.0 Å². The van der Waals surface area contributed by atoms with Crippen LogP contribution in [0.5, 0.6) is 5.75 Å². The highest BCUT2D eigenvalue weighted by Gasteiger charge is 2.11. The summed E-state index contributed by atoms with van der Waals surface area (Å²) < 4.78 is 4.66. The largest absolute Gasteiger partial charge is 0.506 e. The van der Waals surface area contributed by atoms with E-state index < -0.39 is 5.97 Å². The van der Waals surface area contributed by atoms with Crippen LogP contribution in [0.3, 0.4) is 0 Å². The summed E-state index contributed by atoms with van der Waals surface area (Å²) in [6, 6.07) is 2.84. The fourth-order valence-corrected chi connectivity index (χ4v) is 1.75. The molecule has 0 saturated heterocycles. The average molecular weight is 261 g/mol. The highest BCUT2D eigenvalue weighted by molar-refractivity contribution is 6.13. The first-order valence-electron chi connectivity index (χ1n) is 5.71. The molecule has 1 rings (SSSR count). The zero-order valence-electron chi connectivity index (χ0n) is 10.8. The van der Waals surface area contributed by atoms with Crippen molar-refractivity contribution in [3.63, 3.8) is 0 Å². The molecule has 0 bridgehead atoms. The number of phenols is 1. The predicted molar refractivity (Wildman–Crippen MR) is 73.2 cm³/mol. The molecule has 0 aromatic heterocycles. The van der Waals surface area contributed by atoms with Gasteiger partial charge in [-0.1, -0.05) is 25.7 Å². The number of carbonyl (C=O) groups is 1. The zero-order valence-corrected chi connectivity index (χ0v) is 10.8. The number of nitroso groups, excluding NO2 is 1. The highest BCUT2D eigenvalue weighted by atomic mass is 16.5. The number of carbonyl (C=O) groups excluding carboxylic acids is 1. The van der Waals surface area contributed by atoms with Crippen molar-refractivity contribution in [1.82, 2.24) is 0 Å². The molecule has 1 aromatic rings. The van der Waals surface area contributed by atoms with Crippen molar-refractivity contribution in [3.8, 4) is 5.75 Å². The van der Waals surface area contributed by atoms with Crippen molar-refractivity contribution >= 4 is 23.3 Å². The van der Waals surface area contributed by atoms with E-state index in [1.165, 1.54) is 25.3 Å². The minimum absolute atomic E-state index is 0.0948. The molecule has 100 valence electrons. The fourth-order valence-electron chi connectivity index (χ4n) is 1.75. The lowest BCUT2D eigenvalue weighted by atomic mass is 10.1. The van der Waals surface area contributed by atoms with Gasteiger partial charge >= 0.3 is 5.97 Å². The molecule has 0 aliphatic rings. The Morgan fingerprint density at radius 1 is 1.53 bits per heavy atom. The maximum atomic E-state index is 11.7. The predicted octanol–water partition coefficient (Wildman–Crippen LogP) is 1.49. The molecule has 0 heterocycles. The molecule has 0 saturated carbocycles. The number of benzene rings is 1.